The average molecular weight is 220 g/mol. The Bertz CT molecular complexity index is 139. The lowest BCUT2D eigenvalue weighted by atomic mass is 9.88. The van der Waals surface area contributed by atoms with Gasteiger partial charge in [0.05, 0.1) is 0 Å². The first-order chi connectivity index (χ1) is 6.14. The van der Waals surface area contributed by atoms with Crippen molar-refractivity contribution < 1.29 is 0 Å². The number of nitrogens with one attached hydrogen (secondary N) is 1. The molecule has 1 N–H and O–H groups in total. The molecule has 0 heterocycles. The zero-order valence-corrected chi connectivity index (χ0v) is 10.8. The SMILES string of the molecule is CCC(C)(C)NCC1CCCCC1.Cl. The summed E-state index contributed by atoms with van der Waals surface area (Å²) < 4.78 is 0. The molecule has 86 valence electrons. The monoisotopic (exact) mass is 219 g/mol. The normalized spacial score (nSPS) is 19.1. The third kappa shape index (κ3) is 5.21. The van der Waals surface area contributed by atoms with Crippen LogP contribution >= 0.6 is 12.4 Å². The highest BCUT2D eigenvalue weighted by molar-refractivity contribution is 5.85. The third-order valence-electron chi connectivity index (χ3n) is 3.48. The van der Waals surface area contributed by atoms with Crippen LogP contribution in [0.2, 0.25) is 0 Å². The van der Waals surface area contributed by atoms with E-state index in [0.29, 0.717) is 5.54 Å². The van der Waals surface area contributed by atoms with Crippen LogP contribution in [0.1, 0.15) is 59.3 Å². The molecule has 1 aliphatic carbocycles. The van der Waals surface area contributed by atoms with E-state index in [1.165, 1.54) is 45.1 Å². The lowest BCUT2D eigenvalue weighted by Crippen LogP contribution is -2.41. The van der Waals surface area contributed by atoms with Crippen molar-refractivity contribution in [3.8, 4) is 0 Å². The molecular weight excluding hydrogens is 194 g/mol. The second kappa shape index (κ2) is 6.68. The van der Waals surface area contributed by atoms with Crippen LogP contribution in [-0.2, 0) is 0 Å². The summed E-state index contributed by atoms with van der Waals surface area (Å²) in [5.41, 5.74) is 0.345. The number of halogens is 1. The van der Waals surface area contributed by atoms with Crippen LogP contribution in [0.4, 0.5) is 0 Å². The molecule has 0 aromatic heterocycles. The summed E-state index contributed by atoms with van der Waals surface area (Å²) in [4.78, 5) is 0. The fourth-order valence-electron chi connectivity index (χ4n) is 1.94. The van der Waals surface area contributed by atoms with Gasteiger partial charge in [-0.2, -0.15) is 0 Å². The van der Waals surface area contributed by atoms with Crippen LogP contribution in [0.25, 0.3) is 0 Å². The maximum Gasteiger partial charge on any atom is 0.0122 e. The molecule has 1 saturated carbocycles. The second-order valence-electron chi connectivity index (χ2n) is 5.12. The molecule has 2 heteroatoms. The molecule has 0 spiro atoms. The molecule has 0 saturated heterocycles. The standard InChI is InChI=1S/C12H25N.ClH/c1-4-12(2,3)13-10-11-8-6-5-7-9-11;/h11,13H,4-10H2,1-3H3;1H. The quantitative estimate of drug-likeness (QED) is 0.759. The number of rotatable bonds is 4. The summed E-state index contributed by atoms with van der Waals surface area (Å²) in [7, 11) is 0. The maximum atomic E-state index is 3.68. The molecule has 0 aromatic rings. The van der Waals surface area contributed by atoms with Crippen molar-refractivity contribution in [3.05, 3.63) is 0 Å². The van der Waals surface area contributed by atoms with Gasteiger partial charge >= 0.3 is 0 Å². The van der Waals surface area contributed by atoms with Crippen molar-refractivity contribution in [2.45, 2.75) is 64.8 Å². The van der Waals surface area contributed by atoms with Gasteiger partial charge in [-0.05, 0) is 45.6 Å². The lowest BCUT2D eigenvalue weighted by Gasteiger charge is -2.29. The van der Waals surface area contributed by atoms with Gasteiger partial charge in [0.25, 0.3) is 0 Å². The van der Waals surface area contributed by atoms with E-state index in [1.807, 2.05) is 0 Å². The smallest absolute Gasteiger partial charge is 0.0122 e. The Balaban J connectivity index is 0.00000169. The van der Waals surface area contributed by atoms with Crippen LogP contribution in [0, 0.1) is 5.92 Å². The van der Waals surface area contributed by atoms with Gasteiger partial charge in [-0.1, -0.05) is 26.2 Å². The topological polar surface area (TPSA) is 12.0 Å². The van der Waals surface area contributed by atoms with Gasteiger partial charge in [0, 0.05) is 5.54 Å². The summed E-state index contributed by atoms with van der Waals surface area (Å²) in [6, 6.07) is 0. The Morgan fingerprint density at radius 2 is 1.71 bits per heavy atom. The minimum atomic E-state index is 0. The number of hydrogen-bond donors (Lipinski definition) is 1. The van der Waals surface area contributed by atoms with E-state index < -0.39 is 0 Å². The third-order valence-corrected chi connectivity index (χ3v) is 3.48. The molecule has 0 atom stereocenters. The van der Waals surface area contributed by atoms with Crippen molar-refractivity contribution in [3.63, 3.8) is 0 Å². The highest BCUT2D eigenvalue weighted by Crippen LogP contribution is 2.23. The largest absolute Gasteiger partial charge is 0.312 e. The molecule has 1 nitrogen and oxygen atoms in total. The molecule has 1 aliphatic rings. The number of hydrogen-bond acceptors (Lipinski definition) is 1. The summed E-state index contributed by atoms with van der Waals surface area (Å²) in [5.74, 6) is 0.958. The van der Waals surface area contributed by atoms with E-state index in [-0.39, 0.29) is 12.4 Å². The summed E-state index contributed by atoms with van der Waals surface area (Å²) in [6.45, 7) is 8.10. The lowest BCUT2D eigenvalue weighted by molar-refractivity contribution is 0.289. The molecule has 0 unspecified atom stereocenters. The van der Waals surface area contributed by atoms with Gasteiger partial charge < -0.3 is 5.32 Å². The Kier molecular flexibility index (Phi) is 6.80. The van der Waals surface area contributed by atoms with Crippen LogP contribution in [0.15, 0.2) is 0 Å². The van der Waals surface area contributed by atoms with Gasteiger partial charge in [0.15, 0.2) is 0 Å². The molecule has 0 radical (unpaired) electrons. The molecular formula is C12H26ClN. The van der Waals surface area contributed by atoms with Crippen molar-refractivity contribution in [2.24, 2.45) is 5.92 Å². The summed E-state index contributed by atoms with van der Waals surface area (Å²) in [5, 5.41) is 3.68. The van der Waals surface area contributed by atoms with E-state index in [2.05, 4.69) is 26.1 Å². The van der Waals surface area contributed by atoms with Gasteiger partial charge in [-0.3, -0.25) is 0 Å². The molecule has 1 fully saturated rings. The van der Waals surface area contributed by atoms with Crippen LogP contribution in [-0.4, -0.2) is 12.1 Å². The van der Waals surface area contributed by atoms with Crippen LogP contribution in [0.5, 0.6) is 0 Å². The molecule has 0 bridgehead atoms. The first-order valence-electron chi connectivity index (χ1n) is 5.89. The van der Waals surface area contributed by atoms with E-state index in [9.17, 15) is 0 Å². The average Bonchev–Trinajstić information content (AvgIpc) is 2.17. The summed E-state index contributed by atoms with van der Waals surface area (Å²) in [6.07, 6.45) is 8.50. The van der Waals surface area contributed by atoms with Gasteiger partial charge in [0.2, 0.25) is 0 Å². The second-order valence-corrected chi connectivity index (χ2v) is 5.12. The predicted octanol–water partition coefficient (Wildman–Crippen LogP) is 3.77. The molecule has 1 rings (SSSR count). The highest BCUT2D eigenvalue weighted by atomic mass is 35.5. The van der Waals surface area contributed by atoms with Crippen molar-refractivity contribution in [2.75, 3.05) is 6.54 Å². The van der Waals surface area contributed by atoms with E-state index in [0.717, 1.165) is 5.92 Å². The van der Waals surface area contributed by atoms with Crippen molar-refractivity contribution in [1.29, 1.82) is 0 Å². The first-order valence-corrected chi connectivity index (χ1v) is 5.89. The van der Waals surface area contributed by atoms with Crippen molar-refractivity contribution in [1.82, 2.24) is 5.32 Å². The molecule has 14 heavy (non-hydrogen) atoms. The fourth-order valence-corrected chi connectivity index (χ4v) is 1.94. The maximum absolute atomic E-state index is 3.68. The van der Waals surface area contributed by atoms with Crippen LogP contribution < -0.4 is 5.32 Å². The molecule has 0 aliphatic heterocycles. The van der Waals surface area contributed by atoms with Gasteiger partial charge in [-0.15, -0.1) is 12.4 Å². The zero-order valence-electron chi connectivity index (χ0n) is 9.94. The molecule has 0 amide bonds. The Morgan fingerprint density at radius 1 is 1.14 bits per heavy atom. The Hall–Kier alpha value is 0.250. The van der Waals surface area contributed by atoms with Gasteiger partial charge in [-0.25, -0.2) is 0 Å². The zero-order chi connectivity index (χ0) is 9.73. The summed E-state index contributed by atoms with van der Waals surface area (Å²) >= 11 is 0. The van der Waals surface area contributed by atoms with E-state index in [1.54, 1.807) is 0 Å². The van der Waals surface area contributed by atoms with E-state index in [4.69, 9.17) is 0 Å². The van der Waals surface area contributed by atoms with Gasteiger partial charge in [0.1, 0.15) is 0 Å². The van der Waals surface area contributed by atoms with Crippen LogP contribution in [0.3, 0.4) is 0 Å². The van der Waals surface area contributed by atoms with Crippen molar-refractivity contribution >= 4 is 12.4 Å². The minimum absolute atomic E-state index is 0. The fraction of sp³-hybridized carbons (Fsp3) is 1.00. The predicted molar refractivity (Wildman–Crippen MR) is 66.2 cm³/mol. The first kappa shape index (κ1) is 14.2. The Labute approximate surface area is 95.5 Å². The van der Waals surface area contributed by atoms with E-state index >= 15 is 0 Å². The minimum Gasteiger partial charge on any atom is -0.312 e. The molecule has 0 aromatic carbocycles. The highest BCUT2D eigenvalue weighted by Gasteiger charge is 2.18. The Morgan fingerprint density at radius 3 is 2.21 bits per heavy atom.